The Bertz CT molecular complexity index is 1110. The van der Waals surface area contributed by atoms with Crippen molar-refractivity contribution in [2.75, 3.05) is 5.32 Å². The quantitative estimate of drug-likeness (QED) is 0.566. The van der Waals surface area contributed by atoms with E-state index in [9.17, 15) is 22.4 Å². The first kappa shape index (κ1) is 20.0. The van der Waals surface area contributed by atoms with Crippen molar-refractivity contribution >= 4 is 17.4 Å². The Morgan fingerprint density at radius 3 is 2.47 bits per heavy atom. The third kappa shape index (κ3) is 4.03. The number of ketones is 1. The first-order valence-electron chi connectivity index (χ1n) is 9.31. The van der Waals surface area contributed by atoms with Crippen LogP contribution in [0.25, 0.3) is 0 Å². The third-order valence-electron chi connectivity index (χ3n) is 5.10. The van der Waals surface area contributed by atoms with E-state index in [1.54, 1.807) is 19.1 Å². The lowest BCUT2D eigenvalue weighted by molar-refractivity contribution is -0.137. The molecule has 2 aromatic carbocycles. The number of Topliss-reactive ketones (excluding diaryl/α,β-unsaturated/α-hetero) is 1. The number of carbonyl (C=O) groups excluding carboxylic acids is 1. The molecule has 0 unspecified atom stereocenters. The van der Waals surface area contributed by atoms with Crippen molar-refractivity contribution in [1.29, 1.82) is 0 Å². The van der Waals surface area contributed by atoms with E-state index < -0.39 is 11.7 Å². The predicted molar refractivity (Wildman–Crippen MR) is 103 cm³/mol. The first-order chi connectivity index (χ1) is 14.2. The van der Waals surface area contributed by atoms with Gasteiger partial charge in [-0.05, 0) is 55.2 Å². The Hall–Kier alpha value is -3.29. The van der Waals surface area contributed by atoms with Gasteiger partial charge in [0.05, 0.1) is 22.5 Å². The van der Waals surface area contributed by atoms with Crippen molar-refractivity contribution in [3.63, 3.8) is 0 Å². The van der Waals surface area contributed by atoms with Crippen LogP contribution >= 0.6 is 0 Å². The van der Waals surface area contributed by atoms with Gasteiger partial charge in [0.1, 0.15) is 5.82 Å². The Balaban J connectivity index is 1.64. The molecule has 0 bridgehead atoms. The lowest BCUT2D eigenvalue weighted by atomic mass is 9.81. The zero-order valence-corrected chi connectivity index (χ0v) is 15.9. The molecule has 154 valence electrons. The highest BCUT2D eigenvalue weighted by atomic mass is 19.4. The summed E-state index contributed by atoms with van der Waals surface area (Å²) < 4.78 is 52.1. The van der Waals surface area contributed by atoms with Crippen LogP contribution in [0.1, 0.15) is 45.2 Å². The Morgan fingerprint density at radius 1 is 1.03 bits per heavy atom. The third-order valence-corrected chi connectivity index (χ3v) is 5.10. The van der Waals surface area contributed by atoms with E-state index in [0.717, 1.165) is 17.7 Å². The Kier molecular flexibility index (Phi) is 5.01. The second-order valence-electron chi connectivity index (χ2n) is 7.24. The fourth-order valence-electron chi connectivity index (χ4n) is 3.70. The van der Waals surface area contributed by atoms with Gasteiger partial charge in [-0.1, -0.05) is 18.2 Å². The van der Waals surface area contributed by atoms with Crippen molar-refractivity contribution in [3.05, 3.63) is 82.4 Å². The highest BCUT2D eigenvalue weighted by molar-refractivity contribution is 5.99. The van der Waals surface area contributed by atoms with Gasteiger partial charge in [0, 0.05) is 12.1 Å². The van der Waals surface area contributed by atoms with Crippen LogP contribution < -0.4 is 5.32 Å². The van der Waals surface area contributed by atoms with Crippen molar-refractivity contribution < 1.29 is 22.4 Å². The van der Waals surface area contributed by atoms with Gasteiger partial charge in [-0.25, -0.2) is 14.4 Å². The summed E-state index contributed by atoms with van der Waals surface area (Å²) in [5.41, 5.74) is 1.69. The number of alkyl halides is 3. The van der Waals surface area contributed by atoms with Crippen LogP contribution in [-0.4, -0.2) is 15.8 Å². The summed E-state index contributed by atoms with van der Waals surface area (Å²) in [5, 5.41) is 2.80. The van der Waals surface area contributed by atoms with E-state index in [1.807, 2.05) is 0 Å². The number of hydrogen-bond donors (Lipinski definition) is 1. The van der Waals surface area contributed by atoms with E-state index in [-0.39, 0.29) is 35.6 Å². The summed E-state index contributed by atoms with van der Waals surface area (Å²) in [5.74, 6) is -0.486. The largest absolute Gasteiger partial charge is 0.416 e. The second kappa shape index (κ2) is 7.51. The zero-order valence-electron chi connectivity index (χ0n) is 15.9. The topological polar surface area (TPSA) is 54.9 Å². The number of anilines is 2. The minimum absolute atomic E-state index is 0.103. The van der Waals surface area contributed by atoms with Crippen LogP contribution in [-0.2, 0) is 12.6 Å². The average Bonchev–Trinajstić information content (AvgIpc) is 2.67. The fourth-order valence-corrected chi connectivity index (χ4v) is 3.70. The minimum Gasteiger partial charge on any atom is -0.324 e. The molecule has 1 aliphatic carbocycles. The number of nitrogens with zero attached hydrogens (tertiary/aromatic N) is 2. The molecule has 8 heteroatoms. The summed E-state index contributed by atoms with van der Waals surface area (Å²) in [7, 11) is 0. The molecule has 1 N–H and O–H groups in total. The van der Waals surface area contributed by atoms with Crippen LogP contribution in [0, 0.1) is 12.7 Å². The molecule has 0 saturated carbocycles. The van der Waals surface area contributed by atoms with Crippen LogP contribution in [0.5, 0.6) is 0 Å². The maximum absolute atomic E-state index is 13.2. The molecule has 0 radical (unpaired) electrons. The fraction of sp³-hybridized carbons (Fsp3) is 0.227. The SMILES string of the molecule is Cc1nc(Nc2cccc(C(F)(F)F)c2)nc2c1C(=O)C[C@H](c1ccc(F)cc1)C2. The molecule has 0 fully saturated rings. The smallest absolute Gasteiger partial charge is 0.324 e. The lowest BCUT2D eigenvalue weighted by Crippen LogP contribution is -2.22. The van der Waals surface area contributed by atoms with Crippen molar-refractivity contribution in [2.24, 2.45) is 0 Å². The van der Waals surface area contributed by atoms with Crippen molar-refractivity contribution in [3.8, 4) is 0 Å². The van der Waals surface area contributed by atoms with E-state index in [0.29, 0.717) is 23.4 Å². The Labute approximate surface area is 170 Å². The van der Waals surface area contributed by atoms with Gasteiger partial charge in [0.25, 0.3) is 0 Å². The summed E-state index contributed by atoms with van der Waals surface area (Å²) in [6.07, 6.45) is -3.74. The maximum atomic E-state index is 13.2. The van der Waals surface area contributed by atoms with E-state index in [2.05, 4.69) is 15.3 Å². The van der Waals surface area contributed by atoms with Gasteiger partial charge in [0.2, 0.25) is 5.95 Å². The number of benzene rings is 2. The summed E-state index contributed by atoms with van der Waals surface area (Å²) in [4.78, 5) is 21.3. The van der Waals surface area contributed by atoms with Crippen LogP contribution in [0.4, 0.5) is 29.2 Å². The van der Waals surface area contributed by atoms with Crippen LogP contribution in [0.2, 0.25) is 0 Å². The zero-order chi connectivity index (χ0) is 21.5. The highest BCUT2D eigenvalue weighted by Gasteiger charge is 2.31. The maximum Gasteiger partial charge on any atom is 0.416 e. The highest BCUT2D eigenvalue weighted by Crippen LogP contribution is 2.34. The van der Waals surface area contributed by atoms with Gasteiger partial charge in [-0.2, -0.15) is 13.2 Å². The molecule has 1 atom stereocenters. The van der Waals surface area contributed by atoms with Gasteiger partial charge in [-0.15, -0.1) is 0 Å². The van der Waals surface area contributed by atoms with Crippen LogP contribution in [0.3, 0.4) is 0 Å². The number of hydrogen-bond acceptors (Lipinski definition) is 4. The molecule has 1 aliphatic rings. The number of fused-ring (bicyclic) bond motifs is 1. The molecule has 1 aromatic heterocycles. The summed E-state index contributed by atoms with van der Waals surface area (Å²) in [6, 6.07) is 10.7. The molecular formula is C22H17F4N3O. The summed E-state index contributed by atoms with van der Waals surface area (Å²) in [6.45, 7) is 1.67. The molecule has 3 aromatic rings. The molecule has 0 spiro atoms. The number of halogens is 4. The molecule has 4 rings (SSSR count). The molecule has 0 aliphatic heterocycles. The van der Waals surface area contributed by atoms with E-state index >= 15 is 0 Å². The van der Waals surface area contributed by atoms with Gasteiger partial charge >= 0.3 is 6.18 Å². The normalized spacial score (nSPS) is 16.3. The van der Waals surface area contributed by atoms with E-state index in [4.69, 9.17) is 0 Å². The molecule has 30 heavy (non-hydrogen) atoms. The molecule has 0 saturated heterocycles. The van der Waals surface area contributed by atoms with Gasteiger partial charge in [0.15, 0.2) is 5.78 Å². The number of aryl methyl sites for hydroxylation is 1. The minimum atomic E-state index is -4.46. The number of carbonyl (C=O) groups is 1. The monoisotopic (exact) mass is 415 g/mol. The van der Waals surface area contributed by atoms with E-state index in [1.165, 1.54) is 24.3 Å². The number of nitrogens with one attached hydrogen (secondary N) is 1. The first-order valence-corrected chi connectivity index (χ1v) is 9.31. The van der Waals surface area contributed by atoms with Crippen molar-refractivity contribution in [1.82, 2.24) is 9.97 Å². The standard InChI is InChI=1S/C22H17F4N3O/c1-12-20-18(9-14(10-19(20)30)13-5-7-16(23)8-6-13)29-21(27-12)28-17-4-2-3-15(11-17)22(24,25)26/h2-8,11,14H,9-10H2,1H3,(H,27,28,29)/t14-/m1/s1. The number of aromatic nitrogens is 2. The predicted octanol–water partition coefficient (Wildman–Crippen LogP) is 5.60. The molecular weight excluding hydrogens is 398 g/mol. The van der Waals surface area contributed by atoms with Crippen molar-refractivity contribution in [2.45, 2.75) is 31.9 Å². The Morgan fingerprint density at radius 2 is 1.77 bits per heavy atom. The molecule has 0 amide bonds. The van der Waals surface area contributed by atoms with Gasteiger partial charge < -0.3 is 5.32 Å². The average molecular weight is 415 g/mol. The lowest BCUT2D eigenvalue weighted by Gasteiger charge is -2.24. The van der Waals surface area contributed by atoms with Crippen LogP contribution in [0.15, 0.2) is 48.5 Å². The second-order valence-corrected chi connectivity index (χ2v) is 7.24. The number of rotatable bonds is 3. The van der Waals surface area contributed by atoms with Gasteiger partial charge in [-0.3, -0.25) is 4.79 Å². The summed E-state index contributed by atoms with van der Waals surface area (Å²) >= 11 is 0. The molecule has 1 heterocycles. The molecule has 4 nitrogen and oxygen atoms in total.